The van der Waals surface area contributed by atoms with E-state index in [-0.39, 0.29) is 24.9 Å². The molecule has 0 aromatic heterocycles. The molecule has 0 rings (SSSR count). The van der Waals surface area contributed by atoms with Crippen LogP contribution >= 0.6 is 0 Å². The predicted molar refractivity (Wildman–Crippen MR) is 64.9 cm³/mol. The van der Waals surface area contributed by atoms with E-state index in [0.717, 1.165) is 0 Å². The molecule has 0 saturated heterocycles. The zero-order chi connectivity index (χ0) is 14.3. The number of carboxylic acids is 1. The highest BCUT2D eigenvalue weighted by atomic mass is 16.5. The Morgan fingerprint density at radius 1 is 1.11 bits per heavy atom. The average Bonchev–Trinajstić information content (AvgIpc) is 2.21. The van der Waals surface area contributed by atoms with E-state index in [2.05, 4.69) is 5.32 Å². The number of amides is 1. The summed E-state index contributed by atoms with van der Waals surface area (Å²) in [6, 6.07) is -0.932. The zero-order valence-electron chi connectivity index (χ0n) is 11.2. The predicted octanol–water partition coefficient (Wildman–Crippen LogP) is 0.944. The third kappa shape index (κ3) is 6.88. The van der Waals surface area contributed by atoms with Crippen molar-refractivity contribution in [3.05, 3.63) is 0 Å². The van der Waals surface area contributed by atoms with Crippen molar-refractivity contribution in [2.24, 2.45) is 5.92 Å². The fourth-order valence-corrected chi connectivity index (χ4v) is 1.30. The summed E-state index contributed by atoms with van der Waals surface area (Å²) in [6.07, 6.45) is -0.334. The van der Waals surface area contributed by atoms with Gasteiger partial charge in [0.2, 0.25) is 5.91 Å². The molecular formula is C12H21NO5. The van der Waals surface area contributed by atoms with Crippen LogP contribution in [0.1, 0.15) is 40.5 Å². The van der Waals surface area contributed by atoms with E-state index in [1.54, 1.807) is 27.7 Å². The second-order valence-electron chi connectivity index (χ2n) is 4.67. The van der Waals surface area contributed by atoms with Gasteiger partial charge in [0, 0.05) is 6.42 Å². The number of rotatable bonds is 7. The first-order valence-electron chi connectivity index (χ1n) is 5.95. The van der Waals surface area contributed by atoms with Gasteiger partial charge in [0.25, 0.3) is 0 Å². The van der Waals surface area contributed by atoms with Crippen molar-refractivity contribution in [3.63, 3.8) is 0 Å². The van der Waals surface area contributed by atoms with Crippen LogP contribution in [0.5, 0.6) is 0 Å². The topological polar surface area (TPSA) is 92.7 Å². The van der Waals surface area contributed by atoms with Crippen LogP contribution in [0.3, 0.4) is 0 Å². The molecule has 0 radical (unpaired) electrons. The lowest BCUT2D eigenvalue weighted by molar-refractivity contribution is -0.148. The molecule has 0 spiro atoms. The number of ether oxygens (including phenoxy) is 1. The number of carbonyl (C=O) groups excluding carboxylic acids is 2. The Balaban J connectivity index is 4.11. The van der Waals surface area contributed by atoms with Gasteiger partial charge in [-0.05, 0) is 19.8 Å². The largest absolute Gasteiger partial charge is 0.480 e. The summed E-state index contributed by atoms with van der Waals surface area (Å²) in [5.41, 5.74) is 0. The molecule has 0 aromatic carbocycles. The molecule has 6 nitrogen and oxygen atoms in total. The number of hydrogen-bond acceptors (Lipinski definition) is 4. The first kappa shape index (κ1) is 16.4. The van der Waals surface area contributed by atoms with Crippen LogP contribution in [0.15, 0.2) is 0 Å². The van der Waals surface area contributed by atoms with Gasteiger partial charge in [-0.25, -0.2) is 4.79 Å². The van der Waals surface area contributed by atoms with E-state index in [0.29, 0.717) is 0 Å². The molecule has 0 fully saturated rings. The first-order valence-corrected chi connectivity index (χ1v) is 5.95. The smallest absolute Gasteiger partial charge is 0.326 e. The molecule has 18 heavy (non-hydrogen) atoms. The number of carbonyl (C=O) groups is 3. The molecule has 0 aromatic rings. The second kappa shape index (κ2) is 7.68. The van der Waals surface area contributed by atoms with Crippen molar-refractivity contribution in [3.8, 4) is 0 Å². The summed E-state index contributed by atoms with van der Waals surface area (Å²) in [4.78, 5) is 33.5. The lowest BCUT2D eigenvalue weighted by atomic mass is 10.0. The molecule has 6 heteroatoms. The fourth-order valence-electron chi connectivity index (χ4n) is 1.30. The molecule has 0 saturated carbocycles. The Hall–Kier alpha value is -1.59. The van der Waals surface area contributed by atoms with Gasteiger partial charge in [-0.3, -0.25) is 9.59 Å². The van der Waals surface area contributed by atoms with Gasteiger partial charge in [-0.15, -0.1) is 0 Å². The Morgan fingerprint density at radius 2 is 1.67 bits per heavy atom. The molecule has 0 aliphatic heterocycles. The molecule has 2 N–H and O–H groups in total. The monoisotopic (exact) mass is 259 g/mol. The van der Waals surface area contributed by atoms with Gasteiger partial charge in [-0.2, -0.15) is 0 Å². The molecular weight excluding hydrogens is 238 g/mol. The van der Waals surface area contributed by atoms with Crippen molar-refractivity contribution in [2.45, 2.75) is 52.7 Å². The van der Waals surface area contributed by atoms with Crippen molar-refractivity contribution in [1.29, 1.82) is 0 Å². The Morgan fingerprint density at radius 3 is 2.06 bits per heavy atom. The average molecular weight is 259 g/mol. The number of esters is 1. The fraction of sp³-hybridized carbons (Fsp3) is 0.750. The van der Waals surface area contributed by atoms with Gasteiger partial charge in [0.1, 0.15) is 6.04 Å². The minimum Gasteiger partial charge on any atom is -0.480 e. The highest BCUT2D eigenvalue weighted by molar-refractivity contribution is 5.85. The number of nitrogens with one attached hydrogen (secondary N) is 1. The Kier molecular flexibility index (Phi) is 7.00. The van der Waals surface area contributed by atoms with Crippen LogP contribution in [-0.4, -0.2) is 35.1 Å². The molecule has 1 amide bonds. The maximum atomic E-state index is 11.5. The zero-order valence-corrected chi connectivity index (χ0v) is 11.2. The minimum absolute atomic E-state index is 0.0472. The standard InChI is InChI=1S/C12H21NO5/c1-7(2)11(12(16)17)13-9(14)5-6-10(15)18-8(3)4/h7-8,11H,5-6H2,1-4H3,(H,13,14)(H,16,17). The summed E-state index contributed by atoms with van der Waals surface area (Å²) in [6.45, 7) is 6.84. The molecule has 104 valence electrons. The van der Waals surface area contributed by atoms with E-state index in [1.807, 2.05) is 0 Å². The highest BCUT2D eigenvalue weighted by Crippen LogP contribution is 2.03. The van der Waals surface area contributed by atoms with Gasteiger partial charge in [-0.1, -0.05) is 13.8 Å². The number of hydrogen-bond donors (Lipinski definition) is 2. The summed E-state index contributed by atoms with van der Waals surface area (Å²) < 4.78 is 4.87. The van der Waals surface area contributed by atoms with Crippen LogP contribution in [0.25, 0.3) is 0 Å². The van der Waals surface area contributed by atoms with Crippen LogP contribution in [0, 0.1) is 5.92 Å². The normalized spacial score (nSPS) is 12.3. The van der Waals surface area contributed by atoms with Crippen molar-refractivity contribution >= 4 is 17.8 Å². The van der Waals surface area contributed by atoms with Crippen molar-refractivity contribution in [1.82, 2.24) is 5.32 Å². The van der Waals surface area contributed by atoms with E-state index in [4.69, 9.17) is 9.84 Å². The summed E-state index contributed by atoms with van der Waals surface area (Å²) in [7, 11) is 0. The van der Waals surface area contributed by atoms with Gasteiger partial charge in [0.15, 0.2) is 0 Å². The Bertz CT molecular complexity index is 312. The van der Waals surface area contributed by atoms with Crippen LogP contribution in [0.4, 0.5) is 0 Å². The summed E-state index contributed by atoms with van der Waals surface area (Å²) in [5, 5.41) is 11.3. The van der Waals surface area contributed by atoms with Crippen LogP contribution < -0.4 is 5.32 Å². The van der Waals surface area contributed by atoms with Crippen LogP contribution in [0.2, 0.25) is 0 Å². The van der Waals surface area contributed by atoms with Gasteiger partial charge < -0.3 is 15.2 Å². The van der Waals surface area contributed by atoms with Gasteiger partial charge in [0.05, 0.1) is 12.5 Å². The molecule has 1 unspecified atom stereocenters. The van der Waals surface area contributed by atoms with E-state index >= 15 is 0 Å². The number of carboxylic acid groups (broad SMARTS) is 1. The lowest BCUT2D eigenvalue weighted by Gasteiger charge is -2.17. The van der Waals surface area contributed by atoms with E-state index in [9.17, 15) is 14.4 Å². The van der Waals surface area contributed by atoms with E-state index < -0.39 is 23.9 Å². The SMILES string of the molecule is CC(C)OC(=O)CCC(=O)NC(C(=O)O)C(C)C. The molecule has 0 bridgehead atoms. The third-order valence-electron chi connectivity index (χ3n) is 2.17. The third-order valence-corrected chi connectivity index (χ3v) is 2.17. The highest BCUT2D eigenvalue weighted by Gasteiger charge is 2.23. The quantitative estimate of drug-likeness (QED) is 0.664. The first-order chi connectivity index (χ1) is 8.23. The lowest BCUT2D eigenvalue weighted by Crippen LogP contribution is -2.44. The maximum absolute atomic E-state index is 11.5. The maximum Gasteiger partial charge on any atom is 0.326 e. The van der Waals surface area contributed by atoms with Crippen molar-refractivity contribution < 1.29 is 24.2 Å². The van der Waals surface area contributed by atoms with Crippen LogP contribution in [-0.2, 0) is 19.1 Å². The van der Waals surface area contributed by atoms with E-state index in [1.165, 1.54) is 0 Å². The Labute approximate surface area is 107 Å². The molecule has 0 aliphatic rings. The molecule has 1 atom stereocenters. The second-order valence-corrected chi connectivity index (χ2v) is 4.67. The van der Waals surface area contributed by atoms with Crippen molar-refractivity contribution in [2.75, 3.05) is 0 Å². The summed E-state index contributed by atoms with van der Waals surface area (Å²) in [5.74, 6) is -2.22. The minimum atomic E-state index is -1.08. The summed E-state index contributed by atoms with van der Waals surface area (Å²) >= 11 is 0. The number of aliphatic carboxylic acids is 1. The molecule has 0 heterocycles. The van der Waals surface area contributed by atoms with Gasteiger partial charge >= 0.3 is 11.9 Å². The molecule has 0 aliphatic carbocycles.